The minimum absolute atomic E-state index is 0.0553. The predicted octanol–water partition coefficient (Wildman–Crippen LogP) is 2.60. The molecular formula is C16H14Cl2N2O5. The summed E-state index contributed by atoms with van der Waals surface area (Å²) in [4.78, 5) is 28.1. The van der Waals surface area contributed by atoms with Crippen molar-refractivity contribution >= 4 is 46.0 Å². The largest absolute Gasteiger partial charge is 0.618 e. The van der Waals surface area contributed by atoms with E-state index < -0.39 is 17.9 Å². The second-order valence-corrected chi connectivity index (χ2v) is 6.44. The van der Waals surface area contributed by atoms with Crippen molar-refractivity contribution in [1.29, 1.82) is 0 Å². The number of ether oxygens (including phenoxy) is 2. The molecule has 0 bridgehead atoms. The number of halogens is 2. The van der Waals surface area contributed by atoms with Gasteiger partial charge in [0, 0.05) is 19.6 Å². The van der Waals surface area contributed by atoms with Crippen molar-refractivity contribution in [1.82, 2.24) is 4.98 Å². The van der Waals surface area contributed by atoms with E-state index in [0.29, 0.717) is 17.8 Å². The van der Waals surface area contributed by atoms with Gasteiger partial charge in [-0.2, -0.15) is 4.73 Å². The van der Waals surface area contributed by atoms with Gasteiger partial charge in [-0.05, 0) is 18.9 Å². The Bertz CT molecular complexity index is 865. The SMILES string of the molecule is CC(=O)c1c(COC(=O)C2CCCO2)nc2cc(Cl)c(Cl)cc2[n+]1[O-]. The van der Waals surface area contributed by atoms with Gasteiger partial charge in [0.25, 0.3) is 5.69 Å². The van der Waals surface area contributed by atoms with Gasteiger partial charge in [0.05, 0.1) is 10.0 Å². The molecular weight excluding hydrogens is 371 g/mol. The normalized spacial score (nSPS) is 17.0. The Labute approximate surface area is 153 Å². The summed E-state index contributed by atoms with van der Waals surface area (Å²) >= 11 is 11.9. The average molecular weight is 385 g/mol. The minimum atomic E-state index is -0.617. The molecule has 1 aliphatic heterocycles. The Hall–Kier alpha value is -1.96. The monoisotopic (exact) mass is 384 g/mol. The maximum absolute atomic E-state index is 12.5. The van der Waals surface area contributed by atoms with Gasteiger partial charge in [0.15, 0.2) is 11.8 Å². The highest BCUT2D eigenvalue weighted by Crippen LogP contribution is 2.26. The molecule has 1 saturated heterocycles. The van der Waals surface area contributed by atoms with E-state index in [9.17, 15) is 14.8 Å². The van der Waals surface area contributed by atoms with Crippen molar-refractivity contribution in [3.63, 3.8) is 0 Å². The highest BCUT2D eigenvalue weighted by Gasteiger charge is 2.28. The number of carbonyl (C=O) groups excluding carboxylic acids is 2. The molecule has 0 spiro atoms. The molecule has 0 saturated carbocycles. The molecule has 132 valence electrons. The quantitative estimate of drug-likeness (QED) is 0.348. The first kappa shape index (κ1) is 17.8. The number of benzene rings is 1. The van der Waals surface area contributed by atoms with Gasteiger partial charge < -0.3 is 14.7 Å². The minimum Gasteiger partial charge on any atom is -0.618 e. The van der Waals surface area contributed by atoms with Gasteiger partial charge in [-0.25, -0.2) is 9.78 Å². The summed E-state index contributed by atoms with van der Waals surface area (Å²) in [6, 6.07) is 2.76. The average Bonchev–Trinajstić information content (AvgIpc) is 3.08. The van der Waals surface area contributed by atoms with E-state index in [2.05, 4.69) is 4.98 Å². The Morgan fingerprint density at radius 1 is 1.40 bits per heavy atom. The van der Waals surface area contributed by atoms with Crippen LogP contribution in [0, 0.1) is 5.21 Å². The number of hydrogen-bond acceptors (Lipinski definition) is 6. The van der Waals surface area contributed by atoms with Gasteiger partial charge in [-0.15, -0.1) is 0 Å². The second kappa shape index (κ2) is 7.11. The topological polar surface area (TPSA) is 92.4 Å². The summed E-state index contributed by atoms with van der Waals surface area (Å²) in [5.74, 6) is -1.04. The molecule has 0 amide bonds. The van der Waals surface area contributed by atoms with E-state index in [1.54, 1.807) is 0 Å². The number of fused-ring (bicyclic) bond motifs is 1. The van der Waals surface area contributed by atoms with E-state index >= 15 is 0 Å². The molecule has 1 unspecified atom stereocenters. The lowest BCUT2D eigenvalue weighted by Gasteiger charge is -2.12. The molecule has 0 radical (unpaired) electrons. The molecule has 25 heavy (non-hydrogen) atoms. The number of rotatable bonds is 4. The molecule has 1 aliphatic rings. The van der Waals surface area contributed by atoms with Crippen LogP contribution in [0.2, 0.25) is 10.0 Å². The number of esters is 1. The van der Waals surface area contributed by atoms with Crippen molar-refractivity contribution < 1.29 is 23.8 Å². The molecule has 2 aromatic rings. The van der Waals surface area contributed by atoms with Crippen molar-refractivity contribution in [3.8, 4) is 0 Å². The molecule has 0 aliphatic carbocycles. The first-order valence-corrected chi connectivity index (χ1v) is 8.34. The van der Waals surface area contributed by atoms with Gasteiger partial charge in [-0.1, -0.05) is 23.2 Å². The van der Waals surface area contributed by atoms with Crippen LogP contribution in [0.3, 0.4) is 0 Å². The molecule has 1 fully saturated rings. The summed E-state index contributed by atoms with van der Waals surface area (Å²) in [5.41, 5.74) is 0.206. The van der Waals surface area contributed by atoms with E-state index in [0.717, 1.165) is 6.42 Å². The zero-order valence-electron chi connectivity index (χ0n) is 13.3. The lowest BCUT2D eigenvalue weighted by Crippen LogP contribution is -2.37. The second-order valence-electron chi connectivity index (χ2n) is 5.62. The Morgan fingerprint density at radius 2 is 2.12 bits per heavy atom. The first-order valence-electron chi connectivity index (χ1n) is 7.59. The van der Waals surface area contributed by atoms with Crippen LogP contribution in [0.5, 0.6) is 0 Å². The third-order valence-corrected chi connectivity index (χ3v) is 4.57. The van der Waals surface area contributed by atoms with Gasteiger partial charge >= 0.3 is 5.97 Å². The van der Waals surface area contributed by atoms with Gasteiger partial charge in [0.1, 0.15) is 12.1 Å². The highest BCUT2D eigenvalue weighted by molar-refractivity contribution is 6.42. The maximum atomic E-state index is 12.5. The maximum Gasteiger partial charge on any atom is 0.335 e. The summed E-state index contributed by atoms with van der Waals surface area (Å²) in [6.45, 7) is 1.43. The zero-order valence-corrected chi connectivity index (χ0v) is 14.8. The molecule has 3 rings (SSSR count). The van der Waals surface area contributed by atoms with E-state index in [1.807, 2.05) is 0 Å². The predicted molar refractivity (Wildman–Crippen MR) is 89.5 cm³/mol. The van der Waals surface area contributed by atoms with E-state index in [1.165, 1.54) is 19.1 Å². The van der Waals surface area contributed by atoms with Crippen molar-refractivity contribution in [2.45, 2.75) is 32.5 Å². The Morgan fingerprint density at radius 3 is 2.76 bits per heavy atom. The van der Waals surface area contributed by atoms with Crippen LogP contribution in [-0.2, 0) is 20.9 Å². The van der Waals surface area contributed by atoms with Crippen molar-refractivity contribution in [2.24, 2.45) is 0 Å². The van der Waals surface area contributed by atoms with Crippen LogP contribution < -0.4 is 4.73 Å². The van der Waals surface area contributed by atoms with E-state index in [-0.39, 0.29) is 39.1 Å². The number of Topliss-reactive ketones (excluding diaryl/α,β-unsaturated/α-hetero) is 1. The lowest BCUT2D eigenvalue weighted by atomic mass is 10.2. The molecule has 1 aromatic carbocycles. The lowest BCUT2D eigenvalue weighted by molar-refractivity contribution is -0.580. The van der Waals surface area contributed by atoms with Gasteiger partial charge in [0.2, 0.25) is 11.3 Å². The smallest absolute Gasteiger partial charge is 0.335 e. The summed E-state index contributed by atoms with van der Waals surface area (Å²) in [5, 5.41) is 12.9. The molecule has 7 nitrogen and oxygen atoms in total. The fourth-order valence-corrected chi connectivity index (χ4v) is 2.97. The number of carbonyl (C=O) groups is 2. The van der Waals surface area contributed by atoms with Crippen LogP contribution in [-0.4, -0.2) is 29.4 Å². The fourth-order valence-electron chi connectivity index (χ4n) is 2.66. The number of aromatic nitrogens is 2. The third-order valence-electron chi connectivity index (χ3n) is 3.85. The van der Waals surface area contributed by atoms with E-state index in [4.69, 9.17) is 32.7 Å². The van der Waals surface area contributed by atoms with Crippen molar-refractivity contribution in [3.05, 3.63) is 38.8 Å². The summed E-state index contributed by atoms with van der Waals surface area (Å²) in [6.07, 6.45) is 0.750. The van der Waals surface area contributed by atoms with Crippen LogP contribution in [0.15, 0.2) is 12.1 Å². The Balaban J connectivity index is 1.97. The number of ketones is 1. The Kier molecular flexibility index (Phi) is 5.08. The first-order chi connectivity index (χ1) is 11.9. The van der Waals surface area contributed by atoms with Gasteiger partial charge in [-0.3, -0.25) is 4.79 Å². The van der Waals surface area contributed by atoms with Crippen LogP contribution >= 0.6 is 23.2 Å². The zero-order chi connectivity index (χ0) is 18.1. The third kappa shape index (κ3) is 3.53. The molecule has 0 N–H and O–H groups in total. The summed E-state index contributed by atoms with van der Waals surface area (Å²) < 4.78 is 10.8. The standard InChI is InChI=1S/C16H14Cl2N2O5/c1-8(21)15-12(7-25-16(22)14-3-2-4-24-14)19-11-5-9(17)10(18)6-13(11)20(15)23/h5-6,14H,2-4,7H2,1H3. The molecule has 1 aromatic heterocycles. The number of hydrogen-bond donors (Lipinski definition) is 0. The van der Waals surface area contributed by atoms with Crippen LogP contribution in [0.25, 0.3) is 11.0 Å². The molecule has 9 heteroatoms. The summed E-state index contributed by atoms with van der Waals surface area (Å²) in [7, 11) is 0. The van der Waals surface area contributed by atoms with Crippen LogP contribution in [0.4, 0.5) is 0 Å². The molecule has 1 atom stereocenters. The number of nitrogens with zero attached hydrogens (tertiary/aromatic N) is 2. The fraction of sp³-hybridized carbons (Fsp3) is 0.375. The highest BCUT2D eigenvalue weighted by atomic mass is 35.5. The van der Waals surface area contributed by atoms with Crippen molar-refractivity contribution in [2.75, 3.05) is 6.61 Å². The van der Waals surface area contributed by atoms with Crippen LogP contribution in [0.1, 0.15) is 35.9 Å². The molecule has 2 heterocycles.